The lowest BCUT2D eigenvalue weighted by Crippen LogP contribution is -1.88. The van der Waals surface area contributed by atoms with Crippen LogP contribution < -0.4 is 0 Å². The Morgan fingerprint density at radius 2 is 2.00 bits per heavy atom. The van der Waals surface area contributed by atoms with Gasteiger partial charge in [0.1, 0.15) is 0 Å². The van der Waals surface area contributed by atoms with Crippen LogP contribution in [0.4, 0.5) is 0 Å². The van der Waals surface area contributed by atoms with E-state index >= 15 is 0 Å². The van der Waals surface area contributed by atoms with Crippen LogP contribution in [-0.2, 0) is 6.54 Å². The first-order valence-corrected chi connectivity index (χ1v) is 4.91. The molecule has 0 spiro atoms. The number of hydrogen-bond acceptors (Lipinski definition) is 2. The SMILES string of the molecule is [N-]=[N+]=NCc1ccncc1-c1ccccc1. The third kappa shape index (κ3) is 2.19. The Hall–Kier alpha value is -2.32. The zero-order valence-corrected chi connectivity index (χ0v) is 8.61. The van der Waals surface area contributed by atoms with E-state index in [0.29, 0.717) is 6.54 Å². The molecular weight excluding hydrogens is 200 g/mol. The molecule has 2 aromatic rings. The Morgan fingerprint density at radius 3 is 2.75 bits per heavy atom. The van der Waals surface area contributed by atoms with Crippen LogP contribution >= 0.6 is 0 Å². The third-order valence-corrected chi connectivity index (χ3v) is 2.30. The molecule has 0 aliphatic carbocycles. The van der Waals surface area contributed by atoms with Crippen molar-refractivity contribution in [2.45, 2.75) is 6.54 Å². The van der Waals surface area contributed by atoms with Crippen molar-refractivity contribution in [3.05, 3.63) is 64.8 Å². The van der Waals surface area contributed by atoms with E-state index < -0.39 is 0 Å². The molecule has 78 valence electrons. The molecule has 0 aliphatic heterocycles. The highest BCUT2D eigenvalue weighted by molar-refractivity contribution is 5.66. The van der Waals surface area contributed by atoms with Crippen LogP contribution in [0.25, 0.3) is 21.6 Å². The summed E-state index contributed by atoms with van der Waals surface area (Å²) in [5.41, 5.74) is 11.4. The number of rotatable bonds is 3. The lowest BCUT2D eigenvalue weighted by molar-refractivity contribution is 1.04. The lowest BCUT2D eigenvalue weighted by Gasteiger charge is -2.06. The molecule has 0 saturated heterocycles. The monoisotopic (exact) mass is 210 g/mol. The molecule has 4 heteroatoms. The number of azide groups is 1. The van der Waals surface area contributed by atoms with Crippen molar-refractivity contribution in [3.63, 3.8) is 0 Å². The average molecular weight is 210 g/mol. The number of aromatic nitrogens is 1. The summed E-state index contributed by atoms with van der Waals surface area (Å²) >= 11 is 0. The molecule has 1 aromatic carbocycles. The standard InChI is InChI=1S/C12H10N4/c13-16-15-8-11-6-7-14-9-12(11)10-4-2-1-3-5-10/h1-7,9H,8H2. The molecule has 0 aliphatic rings. The minimum absolute atomic E-state index is 0.350. The maximum atomic E-state index is 8.33. The summed E-state index contributed by atoms with van der Waals surface area (Å²) in [6.07, 6.45) is 3.49. The maximum Gasteiger partial charge on any atom is 0.0518 e. The average Bonchev–Trinajstić information content (AvgIpc) is 2.38. The Labute approximate surface area is 93.2 Å². The second kappa shape index (κ2) is 4.96. The van der Waals surface area contributed by atoms with Crippen molar-refractivity contribution in [3.8, 4) is 11.1 Å². The van der Waals surface area contributed by atoms with Crippen molar-refractivity contribution < 1.29 is 0 Å². The van der Waals surface area contributed by atoms with Crippen LogP contribution in [0.3, 0.4) is 0 Å². The molecule has 0 bridgehead atoms. The van der Waals surface area contributed by atoms with E-state index in [2.05, 4.69) is 15.0 Å². The van der Waals surface area contributed by atoms with Gasteiger partial charge in [0.15, 0.2) is 0 Å². The van der Waals surface area contributed by atoms with Crippen LogP contribution in [0.1, 0.15) is 5.56 Å². The minimum Gasteiger partial charge on any atom is -0.264 e. The van der Waals surface area contributed by atoms with Crippen molar-refractivity contribution in [1.29, 1.82) is 0 Å². The van der Waals surface area contributed by atoms with Gasteiger partial charge in [-0.05, 0) is 22.7 Å². The fraction of sp³-hybridized carbons (Fsp3) is 0.0833. The van der Waals surface area contributed by atoms with Crippen molar-refractivity contribution in [2.24, 2.45) is 5.11 Å². The van der Waals surface area contributed by atoms with Crippen LogP contribution in [0.2, 0.25) is 0 Å². The van der Waals surface area contributed by atoms with Gasteiger partial charge in [-0.25, -0.2) is 0 Å². The van der Waals surface area contributed by atoms with E-state index in [0.717, 1.165) is 16.7 Å². The highest BCUT2D eigenvalue weighted by Gasteiger charge is 2.02. The number of nitrogens with zero attached hydrogens (tertiary/aromatic N) is 4. The zero-order valence-electron chi connectivity index (χ0n) is 8.61. The molecular formula is C12H10N4. The first kappa shape index (κ1) is 10.2. The van der Waals surface area contributed by atoms with Gasteiger partial charge < -0.3 is 0 Å². The Balaban J connectivity index is 2.44. The number of pyridine rings is 1. The van der Waals surface area contributed by atoms with E-state index in [9.17, 15) is 0 Å². The predicted molar refractivity (Wildman–Crippen MR) is 62.5 cm³/mol. The Morgan fingerprint density at radius 1 is 1.19 bits per heavy atom. The van der Waals surface area contributed by atoms with Crippen LogP contribution in [0.15, 0.2) is 53.9 Å². The summed E-state index contributed by atoms with van der Waals surface area (Å²) in [6, 6.07) is 11.8. The molecule has 1 heterocycles. The molecule has 1 aromatic heterocycles. The largest absolute Gasteiger partial charge is 0.264 e. The lowest BCUT2D eigenvalue weighted by atomic mass is 10.0. The Bertz CT molecular complexity index is 516. The maximum absolute atomic E-state index is 8.33. The highest BCUT2D eigenvalue weighted by Crippen LogP contribution is 2.22. The highest BCUT2D eigenvalue weighted by atomic mass is 15.1. The number of benzene rings is 1. The van der Waals surface area contributed by atoms with Crippen LogP contribution in [0.5, 0.6) is 0 Å². The third-order valence-electron chi connectivity index (χ3n) is 2.30. The van der Waals surface area contributed by atoms with E-state index in [4.69, 9.17) is 5.53 Å². The van der Waals surface area contributed by atoms with Gasteiger partial charge in [0.05, 0.1) is 6.54 Å². The molecule has 0 fully saturated rings. The van der Waals surface area contributed by atoms with Gasteiger partial charge in [-0.3, -0.25) is 4.98 Å². The van der Waals surface area contributed by atoms with Crippen LogP contribution in [0, 0.1) is 0 Å². The molecule has 0 radical (unpaired) electrons. The molecule has 0 atom stereocenters. The van der Waals surface area contributed by atoms with Gasteiger partial charge >= 0.3 is 0 Å². The molecule has 4 nitrogen and oxygen atoms in total. The zero-order chi connectivity index (χ0) is 11.2. The molecule has 0 unspecified atom stereocenters. The molecule has 2 rings (SSSR count). The smallest absolute Gasteiger partial charge is 0.0518 e. The van der Waals surface area contributed by atoms with Crippen molar-refractivity contribution in [1.82, 2.24) is 4.98 Å². The molecule has 0 saturated carbocycles. The normalized spacial score (nSPS) is 9.50. The predicted octanol–water partition coefficient (Wildman–Crippen LogP) is 3.56. The van der Waals surface area contributed by atoms with Gasteiger partial charge in [0, 0.05) is 22.9 Å². The van der Waals surface area contributed by atoms with Gasteiger partial charge in [0.2, 0.25) is 0 Å². The summed E-state index contributed by atoms with van der Waals surface area (Å²) in [7, 11) is 0. The fourth-order valence-electron chi connectivity index (χ4n) is 1.55. The van der Waals surface area contributed by atoms with Crippen LogP contribution in [-0.4, -0.2) is 4.98 Å². The van der Waals surface area contributed by atoms with E-state index in [1.807, 2.05) is 36.4 Å². The second-order valence-corrected chi connectivity index (χ2v) is 3.29. The second-order valence-electron chi connectivity index (χ2n) is 3.29. The van der Waals surface area contributed by atoms with Gasteiger partial charge in [-0.15, -0.1) is 0 Å². The van der Waals surface area contributed by atoms with Crippen molar-refractivity contribution >= 4 is 0 Å². The Kier molecular flexibility index (Phi) is 3.16. The van der Waals surface area contributed by atoms with Crippen molar-refractivity contribution in [2.75, 3.05) is 0 Å². The van der Waals surface area contributed by atoms with Gasteiger partial charge in [-0.1, -0.05) is 35.4 Å². The minimum atomic E-state index is 0.350. The van der Waals surface area contributed by atoms with Gasteiger partial charge in [0.25, 0.3) is 0 Å². The molecule has 0 N–H and O–H groups in total. The summed E-state index contributed by atoms with van der Waals surface area (Å²) in [5, 5.41) is 3.58. The van der Waals surface area contributed by atoms with Gasteiger partial charge in [-0.2, -0.15) is 0 Å². The summed E-state index contributed by atoms with van der Waals surface area (Å²) in [4.78, 5) is 6.87. The summed E-state index contributed by atoms with van der Waals surface area (Å²) in [5.74, 6) is 0. The quantitative estimate of drug-likeness (QED) is 0.434. The fourth-order valence-corrected chi connectivity index (χ4v) is 1.55. The molecule has 16 heavy (non-hydrogen) atoms. The topological polar surface area (TPSA) is 61.7 Å². The van der Waals surface area contributed by atoms with E-state index in [1.165, 1.54) is 0 Å². The summed E-state index contributed by atoms with van der Waals surface area (Å²) < 4.78 is 0. The summed E-state index contributed by atoms with van der Waals surface area (Å²) in [6.45, 7) is 0.350. The molecule has 0 amide bonds. The van der Waals surface area contributed by atoms with E-state index in [-0.39, 0.29) is 0 Å². The number of hydrogen-bond donors (Lipinski definition) is 0. The first-order chi connectivity index (χ1) is 7.92. The first-order valence-electron chi connectivity index (χ1n) is 4.91. The van der Waals surface area contributed by atoms with E-state index in [1.54, 1.807) is 12.4 Å².